The molecule has 2 saturated heterocycles. The molecule has 1 N–H and O–H groups in total. The third-order valence-corrected chi connectivity index (χ3v) is 9.15. The fourth-order valence-electron chi connectivity index (χ4n) is 7.16. The highest BCUT2D eigenvalue weighted by Gasteiger charge is 2.63. The molecular formula is C29H26F3N5O4. The van der Waals surface area contributed by atoms with Crippen molar-refractivity contribution in [3.63, 3.8) is 0 Å². The number of carboxylic acids is 1. The summed E-state index contributed by atoms with van der Waals surface area (Å²) in [5.74, 6) is 1.17. The topological polar surface area (TPSA) is 106 Å². The van der Waals surface area contributed by atoms with Crippen molar-refractivity contribution in [2.24, 2.45) is 11.8 Å². The summed E-state index contributed by atoms with van der Waals surface area (Å²) in [6.07, 6.45) is 1.75. The SMILES string of the molecule is O=C(O)c1cn2nc(N3C4CCC3C3C(C4)[C@@H]3OCc3c(-c4ccccc4C(F)(F)F)noc3C3CC3)ccc2n1. The Morgan fingerprint density at radius 1 is 1.12 bits per heavy atom. The van der Waals surface area contributed by atoms with Crippen molar-refractivity contribution in [2.75, 3.05) is 4.90 Å². The van der Waals surface area contributed by atoms with Crippen LogP contribution in [0.2, 0.25) is 0 Å². The summed E-state index contributed by atoms with van der Waals surface area (Å²) in [7, 11) is 0. The Kier molecular flexibility index (Phi) is 5.32. The van der Waals surface area contributed by atoms with Gasteiger partial charge in [0.25, 0.3) is 0 Å². The molecule has 0 amide bonds. The molecule has 212 valence electrons. The van der Waals surface area contributed by atoms with Crippen molar-refractivity contribution >= 4 is 17.4 Å². The van der Waals surface area contributed by atoms with Crippen molar-refractivity contribution in [1.82, 2.24) is 19.8 Å². The van der Waals surface area contributed by atoms with Gasteiger partial charge in [-0.25, -0.2) is 14.3 Å². The molecule has 41 heavy (non-hydrogen) atoms. The molecule has 2 aliphatic heterocycles. The lowest BCUT2D eigenvalue weighted by Gasteiger charge is -2.35. The fourth-order valence-corrected chi connectivity index (χ4v) is 7.16. The highest BCUT2D eigenvalue weighted by Crippen LogP contribution is 2.59. The first-order chi connectivity index (χ1) is 19.8. The molecule has 2 bridgehead atoms. The number of nitrogens with zero attached hydrogens (tertiary/aromatic N) is 5. The van der Waals surface area contributed by atoms with E-state index in [2.05, 4.69) is 20.1 Å². The van der Waals surface area contributed by atoms with Gasteiger partial charge in [0.15, 0.2) is 11.3 Å². The van der Waals surface area contributed by atoms with Crippen LogP contribution in [0.4, 0.5) is 19.0 Å². The van der Waals surface area contributed by atoms with E-state index in [1.165, 1.54) is 22.8 Å². The highest BCUT2D eigenvalue weighted by molar-refractivity contribution is 5.86. The van der Waals surface area contributed by atoms with Crippen molar-refractivity contribution in [1.29, 1.82) is 0 Å². The van der Waals surface area contributed by atoms with Gasteiger partial charge in [-0.15, -0.1) is 5.10 Å². The van der Waals surface area contributed by atoms with Crippen LogP contribution in [0.25, 0.3) is 16.9 Å². The first kappa shape index (κ1) is 24.8. The summed E-state index contributed by atoms with van der Waals surface area (Å²) in [5, 5.41) is 18.1. The van der Waals surface area contributed by atoms with E-state index in [-0.39, 0.29) is 41.6 Å². The Morgan fingerprint density at radius 2 is 1.95 bits per heavy atom. The lowest BCUT2D eigenvalue weighted by molar-refractivity contribution is -0.137. The number of rotatable bonds is 7. The molecule has 5 heterocycles. The number of halogens is 3. The minimum Gasteiger partial charge on any atom is -0.476 e. The number of alkyl halides is 3. The van der Waals surface area contributed by atoms with Crippen LogP contribution < -0.4 is 4.90 Å². The molecule has 0 spiro atoms. The number of aromatic nitrogens is 4. The van der Waals surface area contributed by atoms with Crippen LogP contribution in [0.15, 0.2) is 47.1 Å². The van der Waals surface area contributed by atoms with Gasteiger partial charge in [-0.05, 0) is 56.2 Å². The van der Waals surface area contributed by atoms with Crippen molar-refractivity contribution in [2.45, 2.75) is 69.0 Å². The van der Waals surface area contributed by atoms with Gasteiger partial charge in [-0.1, -0.05) is 23.4 Å². The van der Waals surface area contributed by atoms with Crippen LogP contribution in [-0.4, -0.2) is 49.0 Å². The summed E-state index contributed by atoms with van der Waals surface area (Å²) >= 11 is 0. The monoisotopic (exact) mass is 565 g/mol. The Labute approximate surface area is 231 Å². The fraction of sp³-hybridized carbons (Fsp3) is 0.448. The third-order valence-electron chi connectivity index (χ3n) is 9.15. The minimum atomic E-state index is -4.51. The van der Waals surface area contributed by atoms with Crippen molar-refractivity contribution < 1.29 is 32.3 Å². The average molecular weight is 566 g/mol. The first-order valence-corrected chi connectivity index (χ1v) is 13.9. The maximum atomic E-state index is 13.8. The van der Waals surface area contributed by atoms with Crippen LogP contribution in [0.5, 0.6) is 0 Å². The van der Waals surface area contributed by atoms with Gasteiger partial charge in [0.1, 0.15) is 17.3 Å². The molecule has 4 unspecified atom stereocenters. The number of ether oxygens (including phenoxy) is 1. The zero-order valence-corrected chi connectivity index (χ0v) is 21.8. The van der Waals surface area contributed by atoms with E-state index < -0.39 is 17.7 Å². The lowest BCUT2D eigenvalue weighted by atomic mass is 9.99. The maximum absolute atomic E-state index is 13.8. The van der Waals surface area contributed by atoms with Crippen LogP contribution in [0, 0.1) is 11.8 Å². The molecule has 3 aromatic heterocycles. The largest absolute Gasteiger partial charge is 0.476 e. The quantitative estimate of drug-likeness (QED) is 0.311. The van der Waals surface area contributed by atoms with E-state index in [4.69, 9.17) is 9.26 Å². The molecule has 2 saturated carbocycles. The van der Waals surface area contributed by atoms with Gasteiger partial charge < -0.3 is 19.3 Å². The van der Waals surface area contributed by atoms with E-state index in [1.807, 2.05) is 6.07 Å². The number of fused-ring (bicyclic) bond motifs is 5. The number of carboxylic acid groups (broad SMARTS) is 1. The number of anilines is 1. The normalized spacial score (nSPS) is 26.9. The Balaban J connectivity index is 1.04. The number of hydrogen-bond donors (Lipinski definition) is 1. The van der Waals surface area contributed by atoms with Crippen LogP contribution in [0.1, 0.15) is 65.4 Å². The maximum Gasteiger partial charge on any atom is 0.417 e. The van der Waals surface area contributed by atoms with Gasteiger partial charge in [0.05, 0.1) is 24.5 Å². The van der Waals surface area contributed by atoms with E-state index in [1.54, 1.807) is 12.1 Å². The van der Waals surface area contributed by atoms with E-state index in [0.29, 0.717) is 34.8 Å². The first-order valence-electron chi connectivity index (χ1n) is 13.9. The number of imidazole rings is 1. The molecule has 1 aromatic carbocycles. The molecule has 12 heteroatoms. The summed E-state index contributed by atoms with van der Waals surface area (Å²) in [4.78, 5) is 17.8. The second-order valence-corrected chi connectivity index (χ2v) is 11.6. The number of hydrogen-bond acceptors (Lipinski definition) is 7. The average Bonchev–Trinajstić information content (AvgIpc) is 3.77. The lowest BCUT2D eigenvalue weighted by Crippen LogP contribution is -2.42. The standard InChI is InChI=1S/C29H26F3N5O4/c30-29(31,32)19-4-2-1-3-16(19)25-18(26(41-35-25)14-5-6-14)13-40-27-17-11-15-7-8-21(24(17)27)37(15)23-10-9-22-33-20(28(38)39)12-36(22)34-23/h1-4,9-10,12,14-15,17,21,24,27H,5-8,11,13H2,(H,38,39)/t15?,17?,21?,24?,27-/m0/s1. The molecule has 4 fully saturated rings. The summed E-state index contributed by atoms with van der Waals surface area (Å²) in [6, 6.07) is 9.68. The van der Waals surface area contributed by atoms with Crippen LogP contribution in [0.3, 0.4) is 0 Å². The van der Waals surface area contributed by atoms with Crippen LogP contribution in [-0.2, 0) is 17.5 Å². The second kappa shape index (κ2) is 8.78. The molecule has 4 aromatic rings. The third kappa shape index (κ3) is 4.02. The smallest absolute Gasteiger partial charge is 0.417 e. The molecule has 4 aliphatic rings. The van der Waals surface area contributed by atoms with Crippen molar-refractivity contribution in [3.8, 4) is 11.3 Å². The Bertz CT molecular complexity index is 1680. The summed E-state index contributed by atoms with van der Waals surface area (Å²) in [5.41, 5.74) is 0.539. The Morgan fingerprint density at radius 3 is 2.73 bits per heavy atom. The van der Waals surface area contributed by atoms with E-state index in [0.717, 1.165) is 44.0 Å². The van der Waals surface area contributed by atoms with Gasteiger partial charge in [0, 0.05) is 35.0 Å². The predicted octanol–water partition coefficient (Wildman–Crippen LogP) is 5.55. The number of piperidine rings is 1. The molecular weight excluding hydrogens is 539 g/mol. The van der Waals surface area contributed by atoms with Crippen LogP contribution >= 0.6 is 0 Å². The minimum absolute atomic E-state index is 0.00366. The Hall–Kier alpha value is -3.93. The highest BCUT2D eigenvalue weighted by atomic mass is 19.4. The molecule has 5 atom stereocenters. The second-order valence-electron chi connectivity index (χ2n) is 11.6. The summed E-state index contributed by atoms with van der Waals surface area (Å²) < 4.78 is 55.1. The van der Waals surface area contributed by atoms with Gasteiger partial charge in [-0.2, -0.15) is 13.2 Å². The van der Waals surface area contributed by atoms with Gasteiger partial charge >= 0.3 is 12.1 Å². The zero-order valence-electron chi connectivity index (χ0n) is 21.8. The number of carbonyl (C=O) groups is 1. The molecule has 2 aliphatic carbocycles. The predicted molar refractivity (Wildman–Crippen MR) is 138 cm³/mol. The number of aromatic carboxylic acids is 1. The summed E-state index contributed by atoms with van der Waals surface area (Å²) in [6.45, 7) is 0.156. The molecule has 9 nitrogen and oxygen atoms in total. The number of benzene rings is 1. The van der Waals surface area contributed by atoms with Gasteiger partial charge in [-0.3, -0.25) is 0 Å². The van der Waals surface area contributed by atoms with Crippen molar-refractivity contribution in [3.05, 3.63) is 65.2 Å². The molecule has 8 rings (SSSR count). The molecule has 0 radical (unpaired) electrons. The van der Waals surface area contributed by atoms with E-state index in [9.17, 15) is 23.1 Å². The van der Waals surface area contributed by atoms with Gasteiger partial charge in [0.2, 0.25) is 0 Å². The zero-order chi connectivity index (χ0) is 28.0. The van der Waals surface area contributed by atoms with E-state index >= 15 is 0 Å².